The Morgan fingerprint density at radius 2 is 1.72 bits per heavy atom. The number of hydrogen-bond donors (Lipinski definition) is 0. The van der Waals surface area contributed by atoms with Gasteiger partial charge < -0.3 is 9.64 Å². The van der Waals surface area contributed by atoms with Crippen LogP contribution in [0.4, 0.5) is 5.13 Å². The van der Waals surface area contributed by atoms with Crippen molar-refractivity contribution in [1.29, 1.82) is 0 Å². The molecule has 7 nitrogen and oxygen atoms in total. The highest BCUT2D eigenvalue weighted by Crippen LogP contribution is 2.32. The minimum atomic E-state index is -3.32. The number of rotatable bonds is 10. The molecule has 0 radical (unpaired) electrons. The third kappa shape index (κ3) is 5.28. The van der Waals surface area contributed by atoms with Gasteiger partial charge in [0.05, 0.1) is 28.0 Å². The van der Waals surface area contributed by atoms with E-state index in [2.05, 4.69) is 23.7 Å². The Morgan fingerprint density at radius 1 is 1.03 bits per heavy atom. The van der Waals surface area contributed by atoms with Crippen LogP contribution in [-0.4, -0.2) is 63.3 Å². The summed E-state index contributed by atoms with van der Waals surface area (Å²) in [6.07, 6.45) is 0. The SMILES string of the molecule is CCN(CC)CCN(C(=O)c1ccc(S(=O)(=O)CC)cc1)c1nc2ccc(OC)cc2s1. The first kappa shape index (κ1) is 24.2. The third-order valence-corrected chi connectivity index (χ3v) is 8.23. The summed E-state index contributed by atoms with van der Waals surface area (Å²) in [7, 11) is -1.70. The van der Waals surface area contributed by atoms with Gasteiger partial charge in [0.25, 0.3) is 5.91 Å². The number of hydrogen-bond acceptors (Lipinski definition) is 7. The minimum Gasteiger partial charge on any atom is -0.497 e. The van der Waals surface area contributed by atoms with Crippen LogP contribution in [0.1, 0.15) is 31.1 Å². The summed E-state index contributed by atoms with van der Waals surface area (Å²) in [5.41, 5.74) is 1.23. The Labute approximate surface area is 193 Å². The van der Waals surface area contributed by atoms with Crippen LogP contribution in [0.3, 0.4) is 0 Å². The normalized spacial score (nSPS) is 11.8. The van der Waals surface area contributed by atoms with E-state index < -0.39 is 9.84 Å². The average molecular weight is 476 g/mol. The first-order chi connectivity index (χ1) is 15.3. The molecule has 0 spiro atoms. The van der Waals surface area contributed by atoms with Crippen LogP contribution in [0, 0.1) is 0 Å². The molecule has 172 valence electrons. The van der Waals surface area contributed by atoms with Crippen molar-refractivity contribution in [1.82, 2.24) is 9.88 Å². The molecule has 2 aromatic carbocycles. The average Bonchev–Trinajstić information content (AvgIpc) is 3.24. The van der Waals surface area contributed by atoms with E-state index in [-0.39, 0.29) is 16.6 Å². The predicted octanol–water partition coefficient (Wildman–Crippen LogP) is 4.09. The van der Waals surface area contributed by atoms with E-state index in [0.717, 1.165) is 29.1 Å². The molecule has 1 heterocycles. The quantitative estimate of drug-likeness (QED) is 0.439. The number of methoxy groups -OCH3 is 1. The number of likely N-dealkylation sites (N-methyl/N-ethyl adjacent to an activating group) is 1. The number of sulfone groups is 1. The second kappa shape index (κ2) is 10.4. The molecule has 3 rings (SSSR count). The van der Waals surface area contributed by atoms with Crippen LogP contribution in [0.25, 0.3) is 10.2 Å². The van der Waals surface area contributed by atoms with Crippen molar-refractivity contribution in [3.05, 3.63) is 48.0 Å². The maximum absolute atomic E-state index is 13.5. The number of nitrogens with zero attached hydrogens (tertiary/aromatic N) is 3. The Balaban J connectivity index is 1.96. The van der Waals surface area contributed by atoms with Gasteiger partial charge in [-0.1, -0.05) is 32.1 Å². The molecule has 0 aliphatic heterocycles. The lowest BCUT2D eigenvalue weighted by molar-refractivity contribution is 0.0983. The van der Waals surface area contributed by atoms with Crippen LogP contribution in [-0.2, 0) is 9.84 Å². The number of fused-ring (bicyclic) bond motifs is 1. The van der Waals surface area contributed by atoms with Crippen LogP contribution >= 0.6 is 11.3 Å². The number of thiazole rings is 1. The van der Waals surface area contributed by atoms with Crippen LogP contribution in [0.2, 0.25) is 0 Å². The van der Waals surface area contributed by atoms with Gasteiger partial charge in [0.15, 0.2) is 15.0 Å². The summed E-state index contributed by atoms with van der Waals surface area (Å²) in [4.78, 5) is 22.3. The van der Waals surface area contributed by atoms with E-state index in [4.69, 9.17) is 4.74 Å². The van der Waals surface area contributed by atoms with Gasteiger partial charge in [0, 0.05) is 18.7 Å². The van der Waals surface area contributed by atoms with Crippen molar-refractivity contribution in [2.45, 2.75) is 25.7 Å². The molecule has 0 fully saturated rings. The zero-order valence-corrected chi connectivity index (χ0v) is 20.5. The Kier molecular flexibility index (Phi) is 7.86. The second-order valence-electron chi connectivity index (χ2n) is 7.24. The molecule has 0 saturated heterocycles. The monoisotopic (exact) mass is 475 g/mol. The maximum Gasteiger partial charge on any atom is 0.260 e. The largest absolute Gasteiger partial charge is 0.497 e. The van der Waals surface area contributed by atoms with Crippen molar-refractivity contribution < 1.29 is 17.9 Å². The molecule has 32 heavy (non-hydrogen) atoms. The molecule has 3 aromatic rings. The summed E-state index contributed by atoms with van der Waals surface area (Å²) in [6.45, 7) is 8.75. The number of benzene rings is 2. The van der Waals surface area contributed by atoms with Gasteiger partial charge in [0.1, 0.15) is 5.75 Å². The van der Waals surface area contributed by atoms with Gasteiger partial charge >= 0.3 is 0 Å². The molecule has 0 unspecified atom stereocenters. The summed E-state index contributed by atoms with van der Waals surface area (Å²) in [5, 5.41) is 0.607. The van der Waals surface area contributed by atoms with Gasteiger partial charge in [-0.3, -0.25) is 9.69 Å². The first-order valence-electron chi connectivity index (χ1n) is 10.6. The van der Waals surface area contributed by atoms with Crippen LogP contribution in [0.5, 0.6) is 5.75 Å². The van der Waals surface area contributed by atoms with Gasteiger partial charge in [-0.2, -0.15) is 0 Å². The smallest absolute Gasteiger partial charge is 0.260 e. The van der Waals surface area contributed by atoms with Gasteiger partial charge in [-0.15, -0.1) is 0 Å². The minimum absolute atomic E-state index is 0.0193. The van der Waals surface area contributed by atoms with Crippen molar-refractivity contribution in [3.63, 3.8) is 0 Å². The fourth-order valence-corrected chi connectivity index (χ4v) is 5.23. The van der Waals surface area contributed by atoms with Crippen LogP contribution < -0.4 is 9.64 Å². The first-order valence-corrected chi connectivity index (χ1v) is 13.1. The number of aromatic nitrogens is 1. The van der Waals surface area contributed by atoms with E-state index in [0.29, 0.717) is 23.8 Å². The molecular formula is C23H29N3O4S2. The lowest BCUT2D eigenvalue weighted by Crippen LogP contribution is -2.38. The van der Waals surface area contributed by atoms with Crippen molar-refractivity contribution in [2.75, 3.05) is 43.9 Å². The van der Waals surface area contributed by atoms with Crippen LogP contribution in [0.15, 0.2) is 47.4 Å². The zero-order chi connectivity index (χ0) is 23.3. The maximum atomic E-state index is 13.5. The lowest BCUT2D eigenvalue weighted by Gasteiger charge is -2.24. The van der Waals surface area contributed by atoms with E-state index in [1.54, 1.807) is 31.1 Å². The summed E-state index contributed by atoms with van der Waals surface area (Å²) in [5.74, 6) is 0.552. The summed E-state index contributed by atoms with van der Waals surface area (Å²) >= 11 is 1.44. The number of amides is 1. The molecule has 0 aliphatic rings. The Hall–Kier alpha value is -2.49. The molecule has 0 N–H and O–H groups in total. The van der Waals surface area contributed by atoms with Gasteiger partial charge in [-0.25, -0.2) is 13.4 Å². The van der Waals surface area contributed by atoms with E-state index in [1.165, 1.54) is 23.5 Å². The van der Waals surface area contributed by atoms with E-state index in [1.807, 2.05) is 18.2 Å². The van der Waals surface area contributed by atoms with E-state index >= 15 is 0 Å². The number of anilines is 1. The molecule has 1 amide bonds. The number of carbonyl (C=O) groups is 1. The third-order valence-electron chi connectivity index (χ3n) is 5.44. The van der Waals surface area contributed by atoms with Gasteiger partial charge in [0.2, 0.25) is 0 Å². The highest BCUT2D eigenvalue weighted by molar-refractivity contribution is 7.91. The van der Waals surface area contributed by atoms with Crippen molar-refractivity contribution in [2.24, 2.45) is 0 Å². The highest BCUT2D eigenvalue weighted by atomic mass is 32.2. The van der Waals surface area contributed by atoms with Crippen molar-refractivity contribution in [3.8, 4) is 5.75 Å². The summed E-state index contributed by atoms with van der Waals surface area (Å²) in [6, 6.07) is 11.8. The highest BCUT2D eigenvalue weighted by Gasteiger charge is 2.23. The predicted molar refractivity (Wildman–Crippen MR) is 130 cm³/mol. The fraction of sp³-hybridized carbons (Fsp3) is 0.391. The Morgan fingerprint density at radius 3 is 2.31 bits per heavy atom. The standard InChI is InChI=1S/C23H29N3O4S2/c1-5-25(6-2)14-15-26(23-24-20-13-10-18(30-4)16-21(20)31-23)22(27)17-8-11-19(12-9-17)32(28,29)7-3/h8-13,16H,5-7,14-15H2,1-4H3. The topological polar surface area (TPSA) is 79.8 Å². The number of ether oxygens (including phenoxy) is 1. The number of carbonyl (C=O) groups excluding carboxylic acids is 1. The molecule has 9 heteroatoms. The van der Waals surface area contributed by atoms with Gasteiger partial charge in [-0.05, 0) is 55.6 Å². The molecule has 1 aromatic heterocycles. The van der Waals surface area contributed by atoms with E-state index in [9.17, 15) is 13.2 Å². The molecule has 0 aliphatic carbocycles. The fourth-order valence-electron chi connectivity index (χ4n) is 3.33. The Bertz CT molecular complexity index is 1170. The molecule has 0 saturated carbocycles. The molecule has 0 bridgehead atoms. The van der Waals surface area contributed by atoms with Crippen molar-refractivity contribution >= 4 is 42.4 Å². The zero-order valence-electron chi connectivity index (χ0n) is 18.9. The summed E-state index contributed by atoms with van der Waals surface area (Å²) < 4.78 is 30.5. The molecular weight excluding hydrogens is 446 g/mol. The molecule has 0 atom stereocenters. The second-order valence-corrected chi connectivity index (χ2v) is 10.5. The lowest BCUT2D eigenvalue weighted by atomic mass is 10.2.